The number of carbonyl (C=O) groups excluding carboxylic acids is 2. The standard InChI is InChI=1S/C67H110O5/c1-3-5-7-9-11-13-15-17-19-21-23-25-27-29-30-31-32-33-34-35-36-38-40-42-44-46-48-50-52-54-56-58-60-62-67(70)72-65(63-68)64-71-66(69)61-59-57-55-53-51-49-47-45-43-41-39-37-28-26-24-22-20-18-16-14-12-10-8-6-4-2/h5,7,11,13,16-19,22-25,28-30,32-33,35-37,40,42,65,68H,3-4,6,8-10,12,14-15,20-21,26-27,31,34,38-39,41,43-64H2,1-2H3/b7-5-,13-11-,18-16-,19-17-,24-22-,25-23-,30-29-,33-32-,36-35-,37-28-,42-40-. The summed E-state index contributed by atoms with van der Waals surface area (Å²) in [4.78, 5) is 24.6. The van der Waals surface area contributed by atoms with Crippen molar-refractivity contribution in [2.45, 2.75) is 264 Å². The number of hydrogen-bond donors (Lipinski definition) is 1. The highest BCUT2D eigenvalue weighted by Gasteiger charge is 2.16. The summed E-state index contributed by atoms with van der Waals surface area (Å²) in [6, 6.07) is 0. The third-order valence-corrected chi connectivity index (χ3v) is 12.4. The lowest BCUT2D eigenvalue weighted by molar-refractivity contribution is -0.161. The number of aliphatic hydroxyl groups excluding tert-OH is 1. The second-order valence-corrected chi connectivity index (χ2v) is 19.3. The van der Waals surface area contributed by atoms with Crippen molar-refractivity contribution in [1.29, 1.82) is 0 Å². The topological polar surface area (TPSA) is 72.8 Å². The van der Waals surface area contributed by atoms with E-state index in [9.17, 15) is 14.7 Å². The Bertz CT molecular complexity index is 1500. The van der Waals surface area contributed by atoms with E-state index in [0.717, 1.165) is 109 Å². The van der Waals surface area contributed by atoms with Gasteiger partial charge in [-0.3, -0.25) is 9.59 Å². The van der Waals surface area contributed by atoms with Gasteiger partial charge in [-0.25, -0.2) is 0 Å². The molecule has 72 heavy (non-hydrogen) atoms. The molecule has 0 fully saturated rings. The van der Waals surface area contributed by atoms with Gasteiger partial charge in [0.2, 0.25) is 0 Å². The maximum atomic E-state index is 12.3. The van der Waals surface area contributed by atoms with Gasteiger partial charge in [-0.05, 0) is 116 Å². The van der Waals surface area contributed by atoms with Gasteiger partial charge in [0.05, 0.1) is 6.61 Å². The van der Waals surface area contributed by atoms with Crippen LogP contribution in [0.1, 0.15) is 258 Å². The zero-order valence-electron chi connectivity index (χ0n) is 46.6. The maximum Gasteiger partial charge on any atom is 0.306 e. The molecule has 0 aliphatic heterocycles. The van der Waals surface area contributed by atoms with Gasteiger partial charge in [0, 0.05) is 12.8 Å². The lowest BCUT2D eigenvalue weighted by Gasteiger charge is -2.15. The molecule has 0 aliphatic carbocycles. The van der Waals surface area contributed by atoms with Crippen molar-refractivity contribution in [1.82, 2.24) is 0 Å². The molecule has 0 amide bonds. The highest BCUT2D eigenvalue weighted by atomic mass is 16.6. The molecule has 0 aromatic carbocycles. The van der Waals surface area contributed by atoms with Gasteiger partial charge in [-0.1, -0.05) is 263 Å². The molecule has 0 saturated heterocycles. The Morgan fingerprint density at radius 1 is 0.333 bits per heavy atom. The van der Waals surface area contributed by atoms with Crippen LogP contribution in [-0.2, 0) is 19.1 Å². The van der Waals surface area contributed by atoms with Crippen molar-refractivity contribution < 1.29 is 24.2 Å². The van der Waals surface area contributed by atoms with Crippen LogP contribution in [0.4, 0.5) is 0 Å². The van der Waals surface area contributed by atoms with Gasteiger partial charge in [-0.2, -0.15) is 0 Å². The molecule has 0 aliphatic rings. The van der Waals surface area contributed by atoms with Gasteiger partial charge in [0.15, 0.2) is 6.10 Å². The van der Waals surface area contributed by atoms with Crippen LogP contribution in [0.2, 0.25) is 0 Å². The summed E-state index contributed by atoms with van der Waals surface area (Å²) in [6.07, 6.45) is 91.3. The summed E-state index contributed by atoms with van der Waals surface area (Å²) in [5.74, 6) is -0.609. The first kappa shape index (κ1) is 68.0. The van der Waals surface area contributed by atoms with E-state index in [-0.39, 0.29) is 25.2 Å². The van der Waals surface area contributed by atoms with E-state index in [1.54, 1.807) is 0 Å². The van der Waals surface area contributed by atoms with Crippen molar-refractivity contribution in [2.24, 2.45) is 0 Å². The molecule has 5 heteroatoms. The molecule has 0 bridgehead atoms. The molecule has 0 saturated carbocycles. The van der Waals surface area contributed by atoms with Crippen LogP contribution in [0.3, 0.4) is 0 Å². The van der Waals surface area contributed by atoms with E-state index >= 15 is 0 Å². The van der Waals surface area contributed by atoms with Crippen molar-refractivity contribution in [3.63, 3.8) is 0 Å². The zero-order chi connectivity index (χ0) is 52.0. The number of allylic oxidation sites excluding steroid dienone is 22. The van der Waals surface area contributed by atoms with Gasteiger partial charge < -0.3 is 14.6 Å². The van der Waals surface area contributed by atoms with Crippen LogP contribution in [0.5, 0.6) is 0 Å². The van der Waals surface area contributed by atoms with Crippen LogP contribution in [-0.4, -0.2) is 36.4 Å². The highest BCUT2D eigenvalue weighted by Crippen LogP contribution is 2.15. The number of esters is 2. The first-order chi connectivity index (χ1) is 35.6. The minimum atomic E-state index is -0.789. The number of hydrogen-bond acceptors (Lipinski definition) is 5. The largest absolute Gasteiger partial charge is 0.462 e. The molecule has 0 radical (unpaired) electrons. The monoisotopic (exact) mass is 995 g/mol. The van der Waals surface area contributed by atoms with Crippen LogP contribution in [0.15, 0.2) is 134 Å². The lowest BCUT2D eigenvalue weighted by atomic mass is 10.1. The van der Waals surface area contributed by atoms with E-state index in [2.05, 4.69) is 148 Å². The zero-order valence-corrected chi connectivity index (χ0v) is 46.6. The van der Waals surface area contributed by atoms with Crippen molar-refractivity contribution in [3.8, 4) is 0 Å². The van der Waals surface area contributed by atoms with Gasteiger partial charge in [0.1, 0.15) is 6.61 Å². The predicted molar refractivity (Wildman–Crippen MR) is 315 cm³/mol. The van der Waals surface area contributed by atoms with Crippen LogP contribution < -0.4 is 0 Å². The Kier molecular flexibility index (Phi) is 58.0. The van der Waals surface area contributed by atoms with E-state index in [0.29, 0.717) is 12.8 Å². The average molecular weight is 996 g/mol. The molecule has 408 valence electrons. The number of carbonyl (C=O) groups is 2. The molecule has 0 rings (SSSR count). The summed E-state index contributed by atoms with van der Waals surface area (Å²) in [5.41, 5.74) is 0. The molecular weight excluding hydrogens is 885 g/mol. The van der Waals surface area contributed by atoms with Gasteiger partial charge >= 0.3 is 11.9 Å². The second-order valence-electron chi connectivity index (χ2n) is 19.3. The van der Waals surface area contributed by atoms with Crippen LogP contribution >= 0.6 is 0 Å². The Hall–Kier alpha value is -3.96. The predicted octanol–water partition coefficient (Wildman–Crippen LogP) is 20.4. The van der Waals surface area contributed by atoms with E-state index in [1.807, 2.05) is 0 Å². The third kappa shape index (κ3) is 58.6. The average Bonchev–Trinajstić information content (AvgIpc) is 3.38. The first-order valence-corrected chi connectivity index (χ1v) is 29.7. The maximum absolute atomic E-state index is 12.3. The smallest absolute Gasteiger partial charge is 0.306 e. The SMILES string of the molecule is CC/C=C\C/C=C\C/C=C\C/C=C\C/C=C\C/C=C\C/C=C\C/C=C\CCCCCCCCCCC(=O)OC(CO)COC(=O)CCCCCCCCCCCC/C=C\C/C=C\C/C=C\CCCCCCC. The Morgan fingerprint density at radius 3 is 0.903 bits per heavy atom. The molecule has 5 nitrogen and oxygen atoms in total. The molecule has 0 spiro atoms. The fraction of sp³-hybridized carbons (Fsp3) is 0.642. The molecule has 1 atom stereocenters. The molecule has 0 heterocycles. The van der Waals surface area contributed by atoms with E-state index < -0.39 is 6.10 Å². The highest BCUT2D eigenvalue weighted by molar-refractivity contribution is 5.70. The fourth-order valence-corrected chi connectivity index (χ4v) is 7.99. The lowest BCUT2D eigenvalue weighted by Crippen LogP contribution is -2.28. The summed E-state index contributed by atoms with van der Waals surface area (Å²) in [5, 5.41) is 9.67. The Balaban J connectivity index is 3.58. The molecule has 1 unspecified atom stereocenters. The second kappa shape index (κ2) is 61.3. The summed E-state index contributed by atoms with van der Waals surface area (Å²) in [7, 11) is 0. The number of unbranched alkanes of at least 4 members (excludes halogenated alkanes) is 23. The third-order valence-electron chi connectivity index (χ3n) is 12.4. The number of rotatable bonds is 53. The fourth-order valence-electron chi connectivity index (χ4n) is 7.99. The molecule has 0 aromatic rings. The summed E-state index contributed by atoms with van der Waals surface area (Å²) < 4.78 is 10.7. The molecule has 1 N–H and O–H groups in total. The first-order valence-electron chi connectivity index (χ1n) is 29.7. The van der Waals surface area contributed by atoms with Crippen LogP contribution in [0, 0.1) is 0 Å². The van der Waals surface area contributed by atoms with E-state index in [1.165, 1.54) is 122 Å². The quantitative estimate of drug-likeness (QED) is 0.0373. The number of aliphatic hydroxyl groups is 1. The van der Waals surface area contributed by atoms with Crippen molar-refractivity contribution >= 4 is 11.9 Å². The summed E-state index contributed by atoms with van der Waals surface area (Å²) in [6.45, 7) is 4.01. The minimum Gasteiger partial charge on any atom is -0.462 e. The van der Waals surface area contributed by atoms with Gasteiger partial charge in [0.25, 0.3) is 0 Å². The minimum absolute atomic E-state index is 0.0787. The molecule has 0 aromatic heterocycles. The van der Waals surface area contributed by atoms with Crippen molar-refractivity contribution in [3.05, 3.63) is 134 Å². The summed E-state index contributed by atoms with van der Waals surface area (Å²) >= 11 is 0. The van der Waals surface area contributed by atoms with Crippen molar-refractivity contribution in [2.75, 3.05) is 13.2 Å². The normalized spacial score (nSPS) is 13.2. The van der Waals surface area contributed by atoms with E-state index in [4.69, 9.17) is 9.47 Å². The van der Waals surface area contributed by atoms with Gasteiger partial charge in [-0.15, -0.1) is 0 Å². The molecular formula is C67H110O5. The Morgan fingerprint density at radius 2 is 0.597 bits per heavy atom. The Labute approximate surface area is 445 Å². The number of ether oxygens (including phenoxy) is 2. The van der Waals surface area contributed by atoms with Crippen LogP contribution in [0.25, 0.3) is 0 Å².